The summed E-state index contributed by atoms with van der Waals surface area (Å²) < 4.78 is 0. The number of nitrogens with zero attached hydrogens (tertiary/aromatic N) is 3. The summed E-state index contributed by atoms with van der Waals surface area (Å²) in [5.74, 6) is 0.488. The molecule has 0 saturated heterocycles. The molecule has 2 aromatic carbocycles. The highest BCUT2D eigenvalue weighted by Crippen LogP contribution is 2.44. The number of benzene rings is 2. The van der Waals surface area contributed by atoms with Crippen molar-refractivity contribution in [3.8, 4) is 0 Å². The molecule has 0 saturated carbocycles. The predicted octanol–water partition coefficient (Wildman–Crippen LogP) is 6.46. The first-order chi connectivity index (χ1) is 13.6. The Balaban J connectivity index is 1.98. The molecular weight excluding hydrogens is 362 g/mol. The average Bonchev–Trinajstić information content (AvgIpc) is 2.64. The Kier molecular flexibility index (Phi) is 5.78. The number of hydrogen-bond donors (Lipinski definition) is 0. The molecule has 0 amide bonds. The Hall–Kier alpha value is -2.69. The van der Waals surface area contributed by atoms with Gasteiger partial charge in [-0.05, 0) is 86.9 Å². The fourth-order valence-electron chi connectivity index (χ4n) is 4.47. The van der Waals surface area contributed by atoms with E-state index >= 15 is 0 Å². The van der Waals surface area contributed by atoms with E-state index in [0.29, 0.717) is 5.92 Å². The van der Waals surface area contributed by atoms with E-state index in [1.165, 1.54) is 22.9 Å². The van der Waals surface area contributed by atoms with Crippen LogP contribution in [0.15, 0.2) is 35.3 Å². The Labute approximate surface area is 173 Å². The highest BCUT2D eigenvalue weighted by Gasteiger charge is 2.36. The third-order valence-electron chi connectivity index (χ3n) is 5.95. The summed E-state index contributed by atoms with van der Waals surface area (Å²) in [5.41, 5.74) is 6.83. The lowest BCUT2D eigenvalue weighted by Crippen LogP contribution is -2.48. The first kappa shape index (κ1) is 21.0. The molecule has 1 atom stereocenters. The highest BCUT2D eigenvalue weighted by atomic mass is 16.6. The van der Waals surface area contributed by atoms with Crippen molar-refractivity contribution in [1.82, 2.24) is 0 Å². The Bertz CT molecular complexity index is 963. The second-order valence-electron chi connectivity index (χ2n) is 8.82. The van der Waals surface area contributed by atoms with E-state index in [0.717, 1.165) is 36.2 Å². The van der Waals surface area contributed by atoms with E-state index < -0.39 is 0 Å². The van der Waals surface area contributed by atoms with Crippen molar-refractivity contribution >= 4 is 23.3 Å². The van der Waals surface area contributed by atoms with Crippen molar-refractivity contribution in [2.75, 3.05) is 11.4 Å². The smallest absolute Gasteiger partial charge is 0.269 e. The summed E-state index contributed by atoms with van der Waals surface area (Å²) >= 11 is 0. The molecule has 0 aromatic heterocycles. The van der Waals surface area contributed by atoms with E-state index in [-0.39, 0.29) is 16.1 Å². The third-order valence-corrected chi connectivity index (χ3v) is 5.95. The van der Waals surface area contributed by atoms with E-state index in [1.54, 1.807) is 12.1 Å². The number of fused-ring (bicyclic) bond motifs is 1. The van der Waals surface area contributed by atoms with E-state index in [9.17, 15) is 10.1 Å². The molecule has 0 fully saturated rings. The van der Waals surface area contributed by atoms with Crippen LogP contribution in [0.25, 0.3) is 0 Å². The average molecular weight is 394 g/mol. The van der Waals surface area contributed by atoms with Gasteiger partial charge >= 0.3 is 0 Å². The monoisotopic (exact) mass is 393 g/mol. The molecule has 1 unspecified atom stereocenters. The molecular formula is C24H31N3O2. The minimum atomic E-state index is -0.376. The molecule has 1 aliphatic heterocycles. The molecule has 154 valence electrons. The number of nitro groups is 1. The van der Waals surface area contributed by atoms with Gasteiger partial charge in [0.1, 0.15) is 0 Å². The molecule has 1 heterocycles. The molecule has 0 bridgehead atoms. The molecule has 2 aromatic rings. The van der Waals surface area contributed by atoms with Crippen LogP contribution in [0.2, 0.25) is 0 Å². The number of aryl methyl sites for hydroxylation is 2. The normalized spacial score (nSPS) is 18.1. The van der Waals surface area contributed by atoms with Gasteiger partial charge in [-0.25, -0.2) is 0 Å². The lowest BCUT2D eigenvalue weighted by Gasteiger charge is -2.48. The van der Waals surface area contributed by atoms with Crippen LogP contribution in [-0.2, 0) is 0 Å². The lowest BCUT2D eigenvalue weighted by atomic mass is 9.79. The maximum Gasteiger partial charge on any atom is 0.269 e. The number of rotatable bonds is 5. The zero-order valence-corrected chi connectivity index (χ0v) is 18.3. The topological polar surface area (TPSA) is 58.7 Å². The van der Waals surface area contributed by atoms with Gasteiger partial charge in [-0.2, -0.15) is 0 Å². The molecule has 3 rings (SSSR count). The van der Waals surface area contributed by atoms with Gasteiger partial charge in [0, 0.05) is 36.1 Å². The van der Waals surface area contributed by atoms with Gasteiger partial charge in [0.05, 0.1) is 10.6 Å². The summed E-state index contributed by atoms with van der Waals surface area (Å²) in [6.45, 7) is 14.2. The summed E-state index contributed by atoms with van der Waals surface area (Å²) in [7, 11) is 0. The zero-order chi connectivity index (χ0) is 21.3. The Morgan fingerprint density at radius 3 is 2.59 bits per heavy atom. The SMILES string of the molecule is CCCN1c2cc(C)c(C=Nc3ccc([N+](=O)[O-])cc3C)cc2C(C)CC1(C)C. The maximum atomic E-state index is 10.9. The van der Waals surface area contributed by atoms with Crippen molar-refractivity contribution in [2.45, 2.75) is 65.8 Å². The highest BCUT2D eigenvalue weighted by molar-refractivity contribution is 5.86. The number of non-ortho nitro benzene ring substituents is 1. The molecule has 0 spiro atoms. The van der Waals surface area contributed by atoms with Crippen LogP contribution in [0.4, 0.5) is 17.1 Å². The van der Waals surface area contributed by atoms with Gasteiger partial charge in [0.25, 0.3) is 5.69 Å². The summed E-state index contributed by atoms with van der Waals surface area (Å²) in [4.78, 5) is 17.7. The molecule has 5 nitrogen and oxygen atoms in total. The number of nitro benzene ring substituents is 1. The molecule has 0 N–H and O–H groups in total. The van der Waals surface area contributed by atoms with E-state index in [2.05, 4.69) is 56.6 Å². The first-order valence-electron chi connectivity index (χ1n) is 10.4. The molecule has 1 aliphatic rings. The minimum absolute atomic E-state index is 0.0962. The third kappa shape index (κ3) is 4.19. The second kappa shape index (κ2) is 7.97. The molecule has 0 radical (unpaired) electrons. The summed E-state index contributed by atoms with van der Waals surface area (Å²) in [6, 6.07) is 9.36. The van der Waals surface area contributed by atoms with Crippen LogP contribution in [-0.4, -0.2) is 23.2 Å². The fraction of sp³-hybridized carbons (Fsp3) is 0.458. The molecule has 5 heteroatoms. The molecule has 0 aliphatic carbocycles. The quantitative estimate of drug-likeness (QED) is 0.332. The number of hydrogen-bond acceptors (Lipinski definition) is 4. The largest absolute Gasteiger partial charge is 0.366 e. The van der Waals surface area contributed by atoms with Gasteiger partial charge in [-0.1, -0.05) is 13.8 Å². The van der Waals surface area contributed by atoms with Gasteiger partial charge < -0.3 is 4.90 Å². The Morgan fingerprint density at radius 1 is 1.24 bits per heavy atom. The standard InChI is InChI=1S/C24H31N3O2/c1-7-10-26-23-12-16(2)19(13-21(23)18(4)14-24(26,5)6)15-25-22-9-8-20(27(28)29)11-17(22)3/h8-9,11-13,15,18H,7,10,14H2,1-6H3. The summed E-state index contributed by atoms with van der Waals surface area (Å²) in [6.07, 6.45) is 4.14. The summed E-state index contributed by atoms with van der Waals surface area (Å²) in [5, 5.41) is 10.9. The van der Waals surface area contributed by atoms with Crippen LogP contribution < -0.4 is 4.90 Å². The Morgan fingerprint density at radius 2 is 1.97 bits per heavy atom. The van der Waals surface area contributed by atoms with Crippen LogP contribution in [0.5, 0.6) is 0 Å². The van der Waals surface area contributed by atoms with Gasteiger partial charge in [-0.15, -0.1) is 0 Å². The van der Waals surface area contributed by atoms with Gasteiger partial charge in [0.2, 0.25) is 0 Å². The van der Waals surface area contributed by atoms with E-state index in [1.807, 2.05) is 13.1 Å². The van der Waals surface area contributed by atoms with E-state index in [4.69, 9.17) is 0 Å². The minimum Gasteiger partial charge on any atom is -0.366 e. The van der Waals surface area contributed by atoms with Crippen LogP contribution >= 0.6 is 0 Å². The van der Waals surface area contributed by atoms with Gasteiger partial charge in [-0.3, -0.25) is 15.1 Å². The van der Waals surface area contributed by atoms with Crippen LogP contribution in [0, 0.1) is 24.0 Å². The second-order valence-corrected chi connectivity index (χ2v) is 8.82. The van der Waals surface area contributed by atoms with Gasteiger partial charge in [0.15, 0.2) is 0 Å². The van der Waals surface area contributed by atoms with Crippen LogP contribution in [0.1, 0.15) is 68.7 Å². The number of aliphatic imine (C=N–C) groups is 1. The van der Waals surface area contributed by atoms with Crippen molar-refractivity contribution in [3.05, 3.63) is 62.7 Å². The molecule has 29 heavy (non-hydrogen) atoms. The zero-order valence-electron chi connectivity index (χ0n) is 18.3. The first-order valence-corrected chi connectivity index (χ1v) is 10.4. The van der Waals surface area contributed by atoms with Crippen molar-refractivity contribution in [3.63, 3.8) is 0 Å². The van der Waals surface area contributed by atoms with Crippen molar-refractivity contribution < 1.29 is 4.92 Å². The van der Waals surface area contributed by atoms with Crippen molar-refractivity contribution in [1.29, 1.82) is 0 Å². The lowest BCUT2D eigenvalue weighted by molar-refractivity contribution is -0.384. The van der Waals surface area contributed by atoms with Crippen molar-refractivity contribution in [2.24, 2.45) is 4.99 Å². The predicted molar refractivity (Wildman–Crippen MR) is 121 cm³/mol. The fourth-order valence-corrected chi connectivity index (χ4v) is 4.47. The van der Waals surface area contributed by atoms with Crippen LogP contribution in [0.3, 0.4) is 0 Å². The maximum absolute atomic E-state index is 10.9. The number of anilines is 1.